The van der Waals surface area contributed by atoms with Crippen molar-refractivity contribution in [1.82, 2.24) is 14.7 Å². The molecule has 2 aliphatic rings. The van der Waals surface area contributed by atoms with E-state index >= 15 is 0 Å². The average Bonchev–Trinajstić information content (AvgIpc) is 2.83. The van der Waals surface area contributed by atoms with Gasteiger partial charge >= 0.3 is 0 Å². The fourth-order valence-electron chi connectivity index (χ4n) is 4.35. The highest BCUT2D eigenvalue weighted by Gasteiger charge is 2.42. The van der Waals surface area contributed by atoms with Crippen LogP contribution in [-0.2, 0) is 16.1 Å². The maximum Gasteiger partial charge on any atom is 0.222 e. The van der Waals surface area contributed by atoms with Gasteiger partial charge in [0.15, 0.2) is 0 Å². The first kappa shape index (κ1) is 19.8. The molecule has 0 N–H and O–H groups in total. The Bertz CT molecular complexity index is 702. The Morgan fingerprint density at radius 3 is 2.89 bits per heavy atom. The van der Waals surface area contributed by atoms with Crippen molar-refractivity contribution in [3.8, 4) is 6.07 Å². The van der Waals surface area contributed by atoms with Crippen molar-refractivity contribution in [3.05, 3.63) is 35.4 Å². The van der Waals surface area contributed by atoms with Crippen LogP contribution in [0.15, 0.2) is 24.3 Å². The lowest BCUT2D eigenvalue weighted by Crippen LogP contribution is -2.60. The minimum absolute atomic E-state index is 0.0442. The van der Waals surface area contributed by atoms with Crippen LogP contribution >= 0.6 is 0 Å². The number of nitriles is 1. The van der Waals surface area contributed by atoms with Gasteiger partial charge in [0.25, 0.3) is 0 Å². The van der Waals surface area contributed by atoms with Gasteiger partial charge in [0.05, 0.1) is 18.2 Å². The van der Waals surface area contributed by atoms with E-state index in [1.165, 1.54) is 5.56 Å². The molecule has 1 spiro atoms. The van der Waals surface area contributed by atoms with Crippen LogP contribution < -0.4 is 0 Å². The molecule has 6 heteroatoms. The van der Waals surface area contributed by atoms with Gasteiger partial charge in [-0.2, -0.15) is 5.26 Å². The number of carbonyl (C=O) groups is 1. The maximum absolute atomic E-state index is 12.5. The average molecular weight is 370 g/mol. The fraction of sp³-hybridized carbons (Fsp3) is 0.619. The molecule has 3 rings (SSSR count). The van der Waals surface area contributed by atoms with Gasteiger partial charge in [-0.3, -0.25) is 14.6 Å². The second-order valence-corrected chi connectivity index (χ2v) is 7.79. The highest BCUT2D eigenvalue weighted by Crippen LogP contribution is 2.32. The van der Waals surface area contributed by atoms with Gasteiger partial charge in [-0.25, -0.2) is 0 Å². The number of ether oxygens (including phenoxy) is 1. The molecular formula is C21H30N4O2. The fourth-order valence-corrected chi connectivity index (χ4v) is 4.35. The lowest BCUT2D eigenvalue weighted by atomic mass is 9.86. The number of hydrogen-bond acceptors (Lipinski definition) is 5. The van der Waals surface area contributed by atoms with E-state index in [9.17, 15) is 4.79 Å². The van der Waals surface area contributed by atoms with Crippen LogP contribution in [0.3, 0.4) is 0 Å². The van der Waals surface area contributed by atoms with E-state index in [-0.39, 0.29) is 11.4 Å². The number of hydrogen-bond donors (Lipinski definition) is 0. The van der Waals surface area contributed by atoms with E-state index in [4.69, 9.17) is 10.00 Å². The molecule has 0 radical (unpaired) electrons. The van der Waals surface area contributed by atoms with Gasteiger partial charge in [0.2, 0.25) is 5.91 Å². The number of carbonyl (C=O) groups excluding carboxylic acids is 1. The molecule has 146 valence electrons. The second kappa shape index (κ2) is 8.83. The zero-order valence-corrected chi connectivity index (χ0v) is 16.5. The van der Waals surface area contributed by atoms with E-state index in [1.54, 1.807) is 7.11 Å². The molecule has 1 aromatic carbocycles. The van der Waals surface area contributed by atoms with E-state index in [0.717, 1.165) is 45.6 Å². The van der Waals surface area contributed by atoms with Crippen molar-refractivity contribution >= 4 is 5.91 Å². The number of likely N-dealkylation sites (N-methyl/N-ethyl adjacent to an activating group) is 1. The standard InChI is InChI=1S/C21H30N4O2/c1-23-10-11-24(16-19-5-3-4-18(14-19)15-22)17-21(23)7-6-20(26)25(9-8-21)12-13-27-2/h3-5,14H,6-13,16-17H2,1-2H3. The summed E-state index contributed by atoms with van der Waals surface area (Å²) in [7, 11) is 3.88. The van der Waals surface area contributed by atoms with Gasteiger partial charge in [0.1, 0.15) is 0 Å². The third-order valence-electron chi connectivity index (χ3n) is 6.11. The lowest BCUT2D eigenvalue weighted by Gasteiger charge is -2.49. The lowest BCUT2D eigenvalue weighted by molar-refractivity contribution is -0.131. The van der Waals surface area contributed by atoms with E-state index < -0.39 is 0 Å². The number of benzene rings is 1. The molecule has 1 unspecified atom stereocenters. The first-order chi connectivity index (χ1) is 13.1. The third-order valence-corrected chi connectivity index (χ3v) is 6.11. The summed E-state index contributed by atoms with van der Waals surface area (Å²) in [6.45, 7) is 5.90. The van der Waals surface area contributed by atoms with Crippen molar-refractivity contribution in [1.29, 1.82) is 5.26 Å². The van der Waals surface area contributed by atoms with Crippen molar-refractivity contribution < 1.29 is 9.53 Å². The van der Waals surface area contributed by atoms with Crippen LogP contribution in [0.2, 0.25) is 0 Å². The zero-order valence-electron chi connectivity index (χ0n) is 16.5. The maximum atomic E-state index is 12.5. The van der Waals surface area contributed by atoms with Gasteiger partial charge in [-0.1, -0.05) is 12.1 Å². The van der Waals surface area contributed by atoms with Crippen LogP contribution in [0.1, 0.15) is 30.4 Å². The Balaban J connectivity index is 1.69. The van der Waals surface area contributed by atoms with Crippen LogP contribution in [0.5, 0.6) is 0 Å². The first-order valence-electron chi connectivity index (χ1n) is 9.76. The van der Waals surface area contributed by atoms with Gasteiger partial charge in [-0.15, -0.1) is 0 Å². The molecule has 2 heterocycles. The molecule has 0 bridgehead atoms. The molecule has 2 fully saturated rings. The summed E-state index contributed by atoms with van der Waals surface area (Å²) in [5, 5.41) is 9.13. The molecule has 1 aromatic rings. The molecule has 6 nitrogen and oxygen atoms in total. The number of nitrogens with zero attached hydrogens (tertiary/aromatic N) is 4. The summed E-state index contributed by atoms with van der Waals surface area (Å²) < 4.78 is 5.16. The molecule has 1 amide bonds. The van der Waals surface area contributed by atoms with Crippen LogP contribution in [-0.4, -0.2) is 79.6 Å². The molecular weight excluding hydrogens is 340 g/mol. The highest BCUT2D eigenvalue weighted by molar-refractivity contribution is 5.76. The van der Waals surface area contributed by atoms with Crippen molar-refractivity contribution in [2.45, 2.75) is 31.3 Å². The second-order valence-electron chi connectivity index (χ2n) is 7.79. The van der Waals surface area contributed by atoms with Crippen molar-refractivity contribution in [2.75, 3.05) is 53.5 Å². The van der Waals surface area contributed by atoms with Crippen molar-refractivity contribution in [2.24, 2.45) is 0 Å². The Kier molecular flexibility index (Phi) is 6.48. The number of piperazine rings is 1. The number of rotatable bonds is 5. The molecule has 27 heavy (non-hydrogen) atoms. The summed E-state index contributed by atoms with van der Waals surface area (Å²) in [5.74, 6) is 0.246. The Morgan fingerprint density at radius 2 is 2.11 bits per heavy atom. The quantitative estimate of drug-likeness (QED) is 0.790. The Labute approximate surface area is 162 Å². The third kappa shape index (κ3) is 4.67. The molecule has 2 aliphatic heterocycles. The molecule has 1 atom stereocenters. The predicted octanol–water partition coefficient (Wildman–Crippen LogP) is 1.70. The summed E-state index contributed by atoms with van der Waals surface area (Å²) in [5.41, 5.74) is 1.94. The van der Waals surface area contributed by atoms with E-state index in [0.29, 0.717) is 25.1 Å². The predicted molar refractivity (Wildman–Crippen MR) is 104 cm³/mol. The first-order valence-corrected chi connectivity index (χ1v) is 9.76. The normalized spacial score (nSPS) is 24.8. The molecule has 2 saturated heterocycles. The SMILES string of the molecule is COCCN1CCC2(CCC1=O)CN(Cc1cccc(C#N)c1)CCN2C. The summed E-state index contributed by atoms with van der Waals surface area (Å²) in [4.78, 5) is 19.4. The molecule has 0 aliphatic carbocycles. The summed E-state index contributed by atoms with van der Waals surface area (Å²) in [6, 6.07) is 10.1. The van der Waals surface area contributed by atoms with Crippen LogP contribution in [0, 0.1) is 11.3 Å². The number of methoxy groups -OCH3 is 1. The smallest absolute Gasteiger partial charge is 0.222 e. The number of amides is 1. The molecule has 0 aromatic heterocycles. The van der Waals surface area contributed by atoms with Crippen LogP contribution in [0.25, 0.3) is 0 Å². The van der Waals surface area contributed by atoms with E-state index in [1.807, 2.05) is 23.1 Å². The minimum atomic E-state index is 0.0442. The monoisotopic (exact) mass is 370 g/mol. The Hall–Kier alpha value is -1.94. The largest absolute Gasteiger partial charge is 0.383 e. The van der Waals surface area contributed by atoms with Gasteiger partial charge in [-0.05, 0) is 37.6 Å². The zero-order chi connectivity index (χ0) is 19.3. The highest BCUT2D eigenvalue weighted by atomic mass is 16.5. The summed E-state index contributed by atoms with van der Waals surface area (Å²) in [6.07, 6.45) is 2.50. The molecule has 0 saturated carbocycles. The van der Waals surface area contributed by atoms with Crippen LogP contribution in [0.4, 0.5) is 0 Å². The van der Waals surface area contributed by atoms with Crippen molar-refractivity contribution in [3.63, 3.8) is 0 Å². The van der Waals surface area contributed by atoms with E-state index in [2.05, 4.69) is 29.0 Å². The number of likely N-dealkylation sites (tertiary alicyclic amines) is 1. The van der Waals surface area contributed by atoms with Gasteiger partial charge < -0.3 is 9.64 Å². The summed E-state index contributed by atoms with van der Waals surface area (Å²) >= 11 is 0. The minimum Gasteiger partial charge on any atom is -0.383 e. The topological polar surface area (TPSA) is 59.8 Å². The Morgan fingerprint density at radius 1 is 1.26 bits per heavy atom. The van der Waals surface area contributed by atoms with Gasteiger partial charge in [0, 0.05) is 58.3 Å².